The molecule has 0 spiro atoms. The van der Waals surface area contributed by atoms with Crippen molar-refractivity contribution in [2.75, 3.05) is 62.3 Å². The summed E-state index contributed by atoms with van der Waals surface area (Å²) in [5, 5.41) is 2.99. The largest absolute Gasteiger partial charge is 0.378 e. The van der Waals surface area contributed by atoms with E-state index in [4.69, 9.17) is 19.4 Å². The van der Waals surface area contributed by atoms with Gasteiger partial charge in [-0.3, -0.25) is 4.79 Å². The van der Waals surface area contributed by atoms with E-state index >= 15 is 0 Å². The predicted molar refractivity (Wildman–Crippen MR) is 102 cm³/mol. The monoisotopic (exact) mass is 375 g/mol. The van der Waals surface area contributed by atoms with Crippen LogP contribution in [0.25, 0.3) is 0 Å². The summed E-state index contributed by atoms with van der Waals surface area (Å²) in [6.45, 7) is 6.45. The summed E-state index contributed by atoms with van der Waals surface area (Å²) < 4.78 is 10.9. The van der Waals surface area contributed by atoms with Crippen molar-refractivity contribution >= 4 is 17.7 Å². The van der Waals surface area contributed by atoms with Crippen LogP contribution in [0.5, 0.6) is 0 Å². The fourth-order valence-electron chi connectivity index (χ4n) is 3.82. The Morgan fingerprint density at radius 1 is 1.07 bits per heavy atom. The van der Waals surface area contributed by atoms with Crippen LogP contribution in [0.1, 0.15) is 31.4 Å². The fraction of sp³-hybridized carbons (Fsp3) is 0.737. The second kappa shape index (κ2) is 8.84. The van der Waals surface area contributed by atoms with Gasteiger partial charge in [-0.05, 0) is 25.7 Å². The van der Waals surface area contributed by atoms with Crippen molar-refractivity contribution < 1.29 is 14.3 Å². The minimum Gasteiger partial charge on any atom is -0.378 e. The molecule has 4 heterocycles. The Morgan fingerprint density at radius 3 is 2.63 bits per heavy atom. The molecule has 3 saturated heterocycles. The molecule has 0 saturated carbocycles. The Balaban J connectivity index is 1.43. The Morgan fingerprint density at radius 2 is 1.89 bits per heavy atom. The van der Waals surface area contributed by atoms with E-state index in [2.05, 4.69) is 21.2 Å². The van der Waals surface area contributed by atoms with Gasteiger partial charge in [0.25, 0.3) is 0 Å². The van der Waals surface area contributed by atoms with E-state index in [-0.39, 0.29) is 12.0 Å². The molecule has 8 heteroatoms. The summed E-state index contributed by atoms with van der Waals surface area (Å²) in [6, 6.07) is 2.06. The highest BCUT2D eigenvalue weighted by Gasteiger charge is 2.23. The molecule has 27 heavy (non-hydrogen) atoms. The van der Waals surface area contributed by atoms with Gasteiger partial charge in [-0.2, -0.15) is 4.98 Å². The summed E-state index contributed by atoms with van der Waals surface area (Å²) in [5.41, 5.74) is 0.973. The zero-order valence-corrected chi connectivity index (χ0v) is 15.9. The SMILES string of the molecule is O=C(NCCc1cc(N2CCOCC2)nc(N2CCCC2)n1)[C@@H]1CCCO1. The van der Waals surface area contributed by atoms with Gasteiger partial charge < -0.3 is 24.6 Å². The molecule has 4 rings (SSSR count). The van der Waals surface area contributed by atoms with Crippen LogP contribution in [0.3, 0.4) is 0 Å². The minimum atomic E-state index is -0.278. The van der Waals surface area contributed by atoms with Crippen molar-refractivity contribution in [3.63, 3.8) is 0 Å². The van der Waals surface area contributed by atoms with E-state index in [1.54, 1.807) is 0 Å². The number of nitrogens with one attached hydrogen (secondary N) is 1. The van der Waals surface area contributed by atoms with Gasteiger partial charge in [0.05, 0.1) is 13.2 Å². The highest BCUT2D eigenvalue weighted by atomic mass is 16.5. The van der Waals surface area contributed by atoms with Crippen molar-refractivity contribution in [3.05, 3.63) is 11.8 Å². The van der Waals surface area contributed by atoms with Crippen LogP contribution in [0.4, 0.5) is 11.8 Å². The Labute approximate surface area is 160 Å². The number of carbonyl (C=O) groups is 1. The van der Waals surface area contributed by atoms with E-state index in [0.717, 1.165) is 69.7 Å². The van der Waals surface area contributed by atoms with E-state index in [9.17, 15) is 4.79 Å². The summed E-state index contributed by atoms with van der Waals surface area (Å²) in [4.78, 5) is 26.3. The van der Waals surface area contributed by atoms with Crippen molar-refractivity contribution in [2.45, 2.75) is 38.2 Å². The number of aromatic nitrogens is 2. The third kappa shape index (κ3) is 4.68. The first-order chi connectivity index (χ1) is 13.3. The molecule has 1 aromatic heterocycles. The van der Waals surface area contributed by atoms with Crippen LogP contribution in [-0.2, 0) is 20.7 Å². The first kappa shape index (κ1) is 18.4. The number of rotatable bonds is 6. The molecule has 0 bridgehead atoms. The van der Waals surface area contributed by atoms with Gasteiger partial charge in [-0.25, -0.2) is 4.98 Å². The van der Waals surface area contributed by atoms with Crippen molar-refractivity contribution in [2.24, 2.45) is 0 Å². The lowest BCUT2D eigenvalue weighted by molar-refractivity contribution is -0.129. The predicted octanol–water partition coefficient (Wildman–Crippen LogP) is 0.751. The topological polar surface area (TPSA) is 79.8 Å². The van der Waals surface area contributed by atoms with Gasteiger partial charge in [0, 0.05) is 57.5 Å². The summed E-state index contributed by atoms with van der Waals surface area (Å²) in [6.07, 6.45) is 4.58. The number of morpholine rings is 1. The van der Waals surface area contributed by atoms with Gasteiger partial charge in [0.1, 0.15) is 11.9 Å². The number of nitrogens with zero attached hydrogens (tertiary/aromatic N) is 4. The Kier molecular flexibility index (Phi) is 6.03. The van der Waals surface area contributed by atoms with Crippen LogP contribution in [-0.4, -0.2) is 74.5 Å². The summed E-state index contributed by atoms with van der Waals surface area (Å²) in [7, 11) is 0. The molecule has 3 aliphatic rings. The molecule has 148 valence electrons. The smallest absolute Gasteiger partial charge is 0.249 e. The molecular weight excluding hydrogens is 346 g/mol. The first-order valence-corrected chi connectivity index (χ1v) is 10.1. The van der Waals surface area contributed by atoms with E-state index in [1.807, 2.05) is 0 Å². The first-order valence-electron chi connectivity index (χ1n) is 10.1. The molecule has 1 aromatic rings. The molecular formula is C19H29N5O3. The zero-order chi connectivity index (χ0) is 18.5. The summed E-state index contributed by atoms with van der Waals surface area (Å²) in [5.74, 6) is 1.78. The number of anilines is 2. The maximum atomic E-state index is 12.1. The molecule has 3 aliphatic heterocycles. The minimum absolute atomic E-state index is 0.00488. The highest BCUT2D eigenvalue weighted by Crippen LogP contribution is 2.22. The number of hydrogen-bond acceptors (Lipinski definition) is 7. The molecule has 0 unspecified atom stereocenters. The quantitative estimate of drug-likeness (QED) is 0.786. The van der Waals surface area contributed by atoms with Crippen LogP contribution in [0.15, 0.2) is 6.07 Å². The highest BCUT2D eigenvalue weighted by molar-refractivity contribution is 5.80. The number of carbonyl (C=O) groups excluding carboxylic acids is 1. The lowest BCUT2D eigenvalue weighted by Gasteiger charge is -2.29. The molecule has 1 amide bonds. The molecule has 1 atom stereocenters. The molecule has 3 fully saturated rings. The van der Waals surface area contributed by atoms with E-state index < -0.39 is 0 Å². The van der Waals surface area contributed by atoms with Gasteiger partial charge >= 0.3 is 0 Å². The zero-order valence-electron chi connectivity index (χ0n) is 15.9. The van der Waals surface area contributed by atoms with Crippen LogP contribution < -0.4 is 15.1 Å². The fourth-order valence-corrected chi connectivity index (χ4v) is 3.82. The number of amides is 1. The van der Waals surface area contributed by atoms with Crippen molar-refractivity contribution in [3.8, 4) is 0 Å². The van der Waals surface area contributed by atoms with E-state index in [0.29, 0.717) is 19.6 Å². The van der Waals surface area contributed by atoms with Crippen LogP contribution in [0.2, 0.25) is 0 Å². The van der Waals surface area contributed by atoms with Crippen molar-refractivity contribution in [1.29, 1.82) is 0 Å². The molecule has 0 aliphatic carbocycles. The van der Waals surface area contributed by atoms with E-state index in [1.165, 1.54) is 12.8 Å². The van der Waals surface area contributed by atoms with Gasteiger partial charge in [0.15, 0.2) is 0 Å². The number of ether oxygens (including phenoxy) is 2. The molecule has 0 aromatic carbocycles. The van der Waals surface area contributed by atoms with Crippen LogP contribution in [0, 0.1) is 0 Å². The van der Waals surface area contributed by atoms with Gasteiger partial charge in [0.2, 0.25) is 11.9 Å². The average molecular weight is 375 g/mol. The Hall–Kier alpha value is -1.93. The maximum Gasteiger partial charge on any atom is 0.249 e. The van der Waals surface area contributed by atoms with Crippen LogP contribution >= 0.6 is 0 Å². The second-order valence-corrected chi connectivity index (χ2v) is 7.35. The second-order valence-electron chi connectivity index (χ2n) is 7.35. The molecule has 0 radical (unpaired) electrons. The molecule has 1 N–H and O–H groups in total. The standard InChI is InChI=1S/C19H29N5O3/c25-18(16-4-3-11-27-16)20-6-5-15-14-17(23-9-12-26-13-10-23)22-19(21-15)24-7-1-2-8-24/h14,16H,1-13H2,(H,20,25)/t16-/m0/s1. The Bertz CT molecular complexity index is 638. The third-order valence-corrected chi connectivity index (χ3v) is 5.38. The third-order valence-electron chi connectivity index (χ3n) is 5.38. The van der Waals surface area contributed by atoms with Gasteiger partial charge in [-0.15, -0.1) is 0 Å². The average Bonchev–Trinajstić information content (AvgIpc) is 3.42. The van der Waals surface area contributed by atoms with Gasteiger partial charge in [-0.1, -0.05) is 0 Å². The number of hydrogen-bond donors (Lipinski definition) is 1. The molecule has 8 nitrogen and oxygen atoms in total. The maximum absolute atomic E-state index is 12.1. The summed E-state index contributed by atoms with van der Waals surface area (Å²) >= 11 is 0. The lowest BCUT2D eigenvalue weighted by atomic mass is 10.2. The lowest BCUT2D eigenvalue weighted by Crippen LogP contribution is -2.37. The van der Waals surface area contributed by atoms with Crippen molar-refractivity contribution in [1.82, 2.24) is 15.3 Å². The normalized spacial score (nSPS) is 23.0.